The summed E-state index contributed by atoms with van der Waals surface area (Å²) in [5.41, 5.74) is 5.43. The van der Waals surface area contributed by atoms with E-state index < -0.39 is 0 Å². The van der Waals surface area contributed by atoms with Crippen LogP contribution in [0.2, 0.25) is 0 Å². The molecule has 0 saturated heterocycles. The van der Waals surface area contributed by atoms with Crippen LogP contribution in [0.4, 0.5) is 5.69 Å². The van der Waals surface area contributed by atoms with Crippen molar-refractivity contribution in [2.24, 2.45) is 0 Å². The standard InChI is InChI=1S/C17H18N2O/c1-11(2)12-6-7-18-15(9-12)13-4-5-16-14(8-13)10-17(20)19(16)3/h4-9,11H,10H2,1-3H3. The van der Waals surface area contributed by atoms with E-state index in [1.807, 2.05) is 25.4 Å². The smallest absolute Gasteiger partial charge is 0.231 e. The molecule has 2 aromatic rings. The normalized spacial score (nSPS) is 14.0. The zero-order valence-corrected chi connectivity index (χ0v) is 12.1. The summed E-state index contributed by atoms with van der Waals surface area (Å²) >= 11 is 0. The minimum absolute atomic E-state index is 0.154. The third-order valence-corrected chi connectivity index (χ3v) is 3.90. The van der Waals surface area contributed by atoms with Gasteiger partial charge in [0.05, 0.1) is 12.1 Å². The Bertz CT molecular complexity index is 676. The number of likely N-dealkylation sites (N-methyl/N-ethyl adjacent to an activating group) is 1. The Balaban J connectivity index is 2.02. The van der Waals surface area contributed by atoms with Gasteiger partial charge in [0.1, 0.15) is 0 Å². The highest BCUT2D eigenvalue weighted by atomic mass is 16.2. The highest BCUT2D eigenvalue weighted by molar-refractivity contribution is 6.01. The Morgan fingerprint density at radius 2 is 2.00 bits per heavy atom. The molecule has 1 aromatic carbocycles. The molecule has 0 N–H and O–H groups in total. The van der Waals surface area contributed by atoms with Gasteiger partial charge in [-0.1, -0.05) is 19.9 Å². The van der Waals surface area contributed by atoms with Crippen molar-refractivity contribution in [3.63, 3.8) is 0 Å². The molecule has 0 unspecified atom stereocenters. The molecule has 0 fully saturated rings. The van der Waals surface area contributed by atoms with Crippen molar-refractivity contribution in [3.05, 3.63) is 47.7 Å². The molecule has 3 rings (SSSR count). The van der Waals surface area contributed by atoms with Gasteiger partial charge >= 0.3 is 0 Å². The second kappa shape index (κ2) is 4.75. The molecule has 1 aromatic heterocycles. The molecule has 0 saturated carbocycles. The van der Waals surface area contributed by atoms with Crippen molar-refractivity contribution >= 4 is 11.6 Å². The van der Waals surface area contributed by atoms with Gasteiger partial charge in [0.15, 0.2) is 0 Å². The minimum atomic E-state index is 0.154. The van der Waals surface area contributed by atoms with E-state index in [-0.39, 0.29) is 5.91 Å². The molecule has 2 heterocycles. The first-order valence-electron chi connectivity index (χ1n) is 6.92. The maximum absolute atomic E-state index is 11.7. The van der Waals surface area contributed by atoms with E-state index in [0.29, 0.717) is 12.3 Å². The summed E-state index contributed by atoms with van der Waals surface area (Å²) in [5.74, 6) is 0.639. The topological polar surface area (TPSA) is 33.2 Å². The Kier molecular flexibility index (Phi) is 3.05. The molecule has 102 valence electrons. The predicted octanol–water partition coefficient (Wildman–Crippen LogP) is 3.39. The van der Waals surface area contributed by atoms with E-state index in [1.54, 1.807) is 4.90 Å². The van der Waals surface area contributed by atoms with Gasteiger partial charge in [-0.15, -0.1) is 0 Å². The lowest BCUT2D eigenvalue weighted by Crippen LogP contribution is -2.20. The highest BCUT2D eigenvalue weighted by Gasteiger charge is 2.24. The van der Waals surface area contributed by atoms with Crippen LogP contribution >= 0.6 is 0 Å². The number of hydrogen-bond donors (Lipinski definition) is 0. The highest BCUT2D eigenvalue weighted by Crippen LogP contribution is 2.32. The van der Waals surface area contributed by atoms with Gasteiger partial charge in [0.2, 0.25) is 5.91 Å². The molecule has 0 radical (unpaired) electrons. The largest absolute Gasteiger partial charge is 0.315 e. The van der Waals surface area contributed by atoms with Crippen molar-refractivity contribution < 1.29 is 4.79 Å². The molecule has 0 aliphatic carbocycles. The molecule has 1 aliphatic heterocycles. The van der Waals surface area contributed by atoms with E-state index in [9.17, 15) is 4.79 Å². The van der Waals surface area contributed by atoms with E-state index in [4.69, 9.17) is 0 Å². The number of hydrogen-bond acceptors (Lipinski definition) is 2. The first kappa shape index (κ1) is 12.9. The van der Waals surface area contributed by atoms with E-state index >= 15 is 0 Å². The van der Waals surface area contributed by atoms with Crippen LogP contribution in [0.3, 0.4) is 0 Å². The SMILES string of the molecule is CC(C)c1ccnc(-c2ccc3c(c2)CC(=O)N3C)c1. The molecule has 0 atom stereocenters. The van der Waals surface area contributed by atoms with Crippen LogP contribution in [0.5, 0.6) is 0 Å². The number of rotatable bonds is 2. The van der Waals surface area contributed by atoms with Gasteiger partial charge in [-0.05, 0) is 41.3 Å². The fourth-order valence-corrected chi connectivity index (χ4v) is 2.59. The summed E-state index contributed by atoms with van der Waals surface area (Å²) in [4.78, 5) is 17.9. The predicted molar refractivity (Wildman–Crippen MR) is 80.9 cm³/mol. The third kappa shape index (κ3) is 2.09. The summed E-state index contributed by atoms with van der Waals surface area (Å²) < 4.78 is 0. The fraction of sp³-hybridized carbons (Fsp3) is 0.294. The first-order valence-corrected chi connectivity index (χ1v) is 6.92. The van der Waals surface area contributed by atoms with Gasteiger partial charge in [0.25, 0.3) is 0 Å². The molecule has 3 nitrogen and oxygen atoms in total. The number of carbonyl (C=O) groups is 1. The quantitative estimate of drug-likeness (QED) is 0.834. The third-order valence-electron chi connectivity index (χ3n) is 3.90. The van der Waals surface area contributed by atoms with Crippen LogP contribution in [0, 0.1) is 0 Å². The first-order chi connectivity index (χ1) is 9.56. The Hall–Kier alpha value is -2.16. The Morgan fingerprint density at radius 1 is 1.20 bits per heavy atom. The Labute approximate surface area is 119 Å². The van der Waals surface area contributed by atoms with E-state index in [2.05, 4.69) is 37.0 Å². The maximum Gasteiger partial charge on any atom is 0.231 e. The second-order valence-electron chi connectivity index (χ2n) is 5.60. The van der Waals surface area contributed by atoms with Crippen molar-refractivity contribution in [2.45, 2.75) is 26.2 Å². The van der Waals surface area contributed by atoms with Gasteiger partial charge in [-0.25, -0.2) is 0 Å². The van der Waals surface area contributed by atoms with Crippen LogP contribution in [-0.2, 0) is 11.2 Å². The summed E-state index contributed by atoms with van der Waals surface area (Å²) in [6, 6.07) is 10.3. The molecule has 1 aliphatic rings. The molecule has 20 heavy (non-hydrogen) atoms. The summed E-state index contributed by atoms with van der Waals surface area (Å²) in [6.07, 6.45) is 2.35. The van der Waals surface area contributed by atoms with Crippen molar-refractivity contribution in [1.82, 2.24) is 4.98 Å². The number of carbonyl (C=O) groups excluding carboxylic acids is 1. The van der Waals surface area contributed by atoms with Gasteiger partial charge < -0.3 is 4.90 Å². The van der Waals surface area contributed by atoms with Crippen molar-refractivity contribution in [2.75, 3.05) is 11.9 Å². The maximum atomic E-state index is 11.7. The number of aromatic nitrogens is 1. The van der Waals surface area contributed by atoms with Gasteiger partial charge in [-0.3, -0.25) is 9.78 Å². The minimum Gasteiger partial charge on any atom is -0.315 e. The lowest BCUT2D eigenvalue weighted by molar-refractivity contribution is -0.117. The molecule has 1 amide bonds. The van der Waals surface area contributed by atoms with Gasteiger partial charge in [-0.2, -0.15) is 0 Å². The lowest BCUT2D eigenvalue weighted by atomic mass is 10.0. The monoisotopic (exact) mass is 266 g/mol. The molecule has 3 heteroatoms. The van der Waals surface area contributed by atoms with E-state index in [0.717, 1.165) is 22.5 Å². The number of fused-ring (bicyclic) bond motifs is 1. The van der Waals surface area contributed by atoms with Crippen LogP contribution in [0.25, 0.3) is 11.3 Å². The zero-order valence-electron chi connectivity index (χ0n) is 12.1. The number of amides is 1. The summed E-state index contributed by atoms with van der Waals surface area (Å²) in [5, 5.41) is 0. The van der Waals surface area contributed by atoms with Crippen molar-refractivity contribution in [3.8, 4) is 11.3 Å². The lowest BCUT2D eigenvalue weighted by Gasteiger charge is -2.11. The zero-order chi connectivity index (χ0) is 14.3. The fourth-order valence-electron chi connectivity index (χ4n) is 2.59. The van der Waals surface area contributed by atoms with Crippen LogP contribution in [0.15, 0.2) is 36.5 Å². The second-order valence-corrected chi connectivity index (χ2v) is 5.60. The molecular weight excluding hydrogens is 248 g/mol. The molecule has 0 bridgehead atoms. The van der Waals surface area contributed by atoms with Crippen molar-refractivity contribution in [1.29, 1.82) is 0 Å². The number of pyridine rings is 1. The van der Waals surface area contributed by atoms with Crippen LogP contribution < -0.4 is 4.90 Å². The molecule has 0 spiro atoms. The number of nitrogens with zero attached hydrogens (tertiary/aromatic N) is 2. The molecular formula is C17H18N2O. The van der Waals surface area contributed by atoms with Gasteiger partial charge in [0, 0.05) is 24.5 Å². The van der Waals surface area contributed by atoms with Crippen LogP contribution in [0.1, 0.15) is 30.9 Å². The van der Waals surface area contributed by atoms with Crippen LogP contribution in [-0.4, -0.2) is 17.9 Å². The average molecular weight is 266 g/mol. The number of anilines is 1. The summed E-state index contributed by atoms with van der Waals surface area (Å²) in [6.45, 7) is 4.35. The van der Waals surface area contributed by atoms with E-state index in [1.165, 1.54) is 5.56 Å². The average Bonchev–Trinajstić information content (AvgIpc) is 2.74. The Morgan fingerprint density at radius 3 is 2.75 bits per heavy atom. The number of benzene rings is 1. The summed E-state index contributed by atoms with van der Waals surface area (Å²) in [7, 11) is 1.82.